The van der Waals surface area contributed by atoms with Crippen molar-refractivity contribution in [1.29, 1.82) is 0 Å². The molecule has 306 valence electrons. The van der Waals surface area contributed by atoms with Crippen LogP contribution in [0.2, 0.25) is 0 Å². The summed E-state index contributed by atoms with van der Waals surface area (Å²) in [4.78, 5) is 22.7. The van der Waals surface area contributed by atoms with Crippen LogP contribution >= 0.6 is 7.82 Å². The number of carbonyl (C=O) groups is 1. The van der Waals surface area contributed by atoms with E-state index in [9.17, 15) is 24.5 Å². The predicted molar refractivity (Wildman–Crippen MR) is 218 cm³/mol. The molecule has 0 heterocycles. The van der Waals surface area contributed by atoms with E-state index < -0.39 is 38.6 Å². The first-order chi connectivity index (χ1) is 25.3. The van der Waals surface area contributed by atoms with Crippen molar-refractivity contribution < 1.29 is 33.5 Å². The van der Waals surface area contributed by atoms with E-state index in [2.05, 4.69) is 43.5 Å². The maximum Gasteiger partial charge on any atom is 0.472 e. The maximum absolute atomic E-state index is 12.8. The summed E-state index contributed by atoms with van der Waals surface area (Å²) in [6.45, 7) is 3.93. The summed E-state index contributed by atoms with van der Waals surface area (Å²) in [5, 5.41) is 24.0. The highest BCUT2D eigenvalue weighted by molar-refractivity contribution is 7.47. The number of nitrogens with two attached hydrogens (primary N) is 1. The lowest BCUT2D eigenvalue weighted by Gasteiger charge is -2.24. The summed E-state index contributed by atoms with van der Waals surface area (Å²) in [6.07, 6.45) is 40.8. The van der Waals surface area contributed by atoms with Gasteiger partial charge in [0.2, 0.25) is 5.91 Å². The van der Waals surface area contributed by atoms with E-state index in [1.165, 1.54) is 109 Å². The Morgan fingerprint density at radius 2 is 1.10 bits per heavy atom. The first-order valence-corrected chi connectivity index (χ1v) is 22.7. The molecule has 0 saturated carbocycles. The van der Waals surface area contributed by atoms with Crippen LogP contribution < -0.4 is 11.1 Å². The van der Waals surface area contributed by atoms with Crippen molar-refractivity contribution >= 4 is 13.7 Å². The van der Waals surface area contributed by atoms with Crippen LogP contribution in [-0.4, -0.2) is 59.0 Å². The van der Waals surface area contributed by atoms with Crippen LogP contribution in [0.1, 0.15) is 187 Å². The SMILES string of the molecule is CCCCCCCC/C=C\CCCCCCCC(O)CC(=O)NC(COP(=O)(O)OCCN)C(O)/C=C/CC/C=C/CCCCCCCCCCC. The van der Waals surface area contributed by atoms with Gasteiger partial charge in [0.15, 0.2) is 0 Å². The minimum absolute atomic E-state index is 0.0433. The van der Waals surface area contributed by atoms with Crippen LogP contribution in [-0.2, 0) is 18.4 Å². The predicted octanol–water partition coefficient (Wildman–Crippen LogP) is 10.5. The second-order valence-electron chi connectivity index (χ2n) is 14.4. The van der Waals surface area contributed by atoms with Crippen molar-refractivity contribution in [2.45, 2.75) is 205 Å². The number of aliphatic hydroxyl groups excluding tert-OH is 2. The van der Waals surface area contributed by atoms with Gasteiger partial charge in [-0.15, -0.1) is 0 Å². The number of hydrogen-bond donors (Lipinski definition) is 5. The number of aliphatic hydroxyl groups is 2. The molecule has 0 spiro atoms. The van der Waals surface area contributed by atoms with Crippen LogP contribution in [0.15, 0.2) is 36.5 Å². The molecule has 0 aliphatic carbocycles. The number of nitrogens with one attached hydrogen (secondary N) is 1. The van der Waals surface area contributed by atoms with Gasteiger partial charge in [0, 0.05) is 6.54 Å². The number of phosphoric acid groups is 1. The van der Waals surface area contributed by atoms with E-state index in [0.29, 0.717) is 12.8 Å². The molecule has 0 rings (SSSR count). The Morgan fingerprint density at radius 3 is 1.60 bits per heavy atom. The molecular formula is C42H81N2O7P. The van der Waals surface area contributed by atoms with Gasteiger partial charge in [0.05, 0.1) is 37.9 Å². The van der Waals surface area contributed by atoms with Gasteiger partial charge in [-0.05, 0) is 57.8 Å². The molecule has 10 heteroatoms. The van der Waals surface area contributed by atoms with Crippen LogP contribution in [0.4, 0.5) is 0 Å². The normalized spacial score (nSPS) is 15.1. The second kappa shape index (κ2) is 38.0. The van der Waals surface area contributed by atoms with Gasteiger partial charge in [-0.2, -0.15) is 0 Å². The highest BCUT2D eigenvalue weighted by Gasteiger charge is 2.27. The molecule has 0 aromatic rings. The quantitative estimate of drug-likeness (QED) is 0.0236. The topological polar surface area (TPSA) is 151 Å². The fourth-order valence-electron chi connectivity index (χ4n) is 6.01. The van der Waals surface area contributed by atoms with Crippen molar-refractivity contribution in [2.75, 3.05) is 19.8 Å². The van der Waals surface area contributed by atoms with Crippen molar-refractivity contribution in [3.8, 4) is 0 Å². The number of hydrogen-bond acceptors (Lipinski definition) is 7. The van der Waals surface area contributed by atoms with Gasteiger partial charge >= 0.3 is 7.82 Å². The minimum Gasteiger partial charge on any atom is -0.393 e. The average molecular weight is 757 g/mol. The number of phosphoric ester groups is 1. The molecule has 9 nitrogen and oxygen atoms in total. The van der Waals surface area contributed by atoms with Crippen LogP contribution in [0, 0.1) is 0 Å². The highest BCUT2D eigenvalue weighted by Crippen LogP contribution is 2.43. The van der Waals surface area contributed by atoms with Crippen LogP contribution in [0.25, 0.3) is 0 Å². The van der Waals surface area contributed by atoms with Crippen LogP contribution in [0.3, 0.4) is 0 Å². The van der Waals surface area contributed by atoms with E-state index in [1.54, 1.807) is 6.08 Å². The molecule has 0 saturated heterocycles. The van der Waals surface area contributed by atoms with Gasteiger partial charge in [-0.1, -0.05) is 159 Å². The van der Waals surface area contributed by atoms with Crippen molar-refractivity contribution in [3.05, 3.63) is 36.5 Å². The zero-order valence-electron chi connectivity index (χ0n) is 33.4. The van der Waals surface area contributed by atoms with E-state index in [1.807, 2.05) is 6.08 Å². The molecule has 1 amide bonds. The smallest absolute Gasteiger partial charge is 0.393 e. The van der Waals surface area contributed by atoms with Gasteiger partial charge in [-0.25, -0.2) is 4.57 Å². The van der Waals surface area contributed by atoms with Gasteiger partial charge < -0.3 is 26.2 Å². The largest absolute Gasteiger partial charge is 0.472 e. The summed E-state index contributed by atoms with van der Waals surface area (Å²) in [5.74, 6) is -0.462. The Bertz CT molecular complexity index is 930. The monoisotopic (exact) mass is 757 g/mol. The average Bonchev–Trinajstić information content (AvgIpc) is 3.12. The molecule has 4 unspecified atom stereocenters. The number of rotatable bonds is 39. The zero-order valence-corrected chi connectivity index (χ0v) is 34.3. The Hall–Kier alpha value is -1.32. The Labute approximate surface area is 319 Å². The van der Waals surface area contributed by atoms with Crippen molar-refractivity contribution in [1.82, 2.24) is 5.32 Å². The number of amides is 1. The van der Waals surface area contributed by atoms with Gasteiger partial charge in [0.25, 0.3) is 0 Å². The third-order valence-electron chi connectivity index (χ3n) is 9.24. The molecule has 52 heavy (non-hydrogen) atoms. The lowest BCUT2D eigenvalue weighted by atomic mass is 10.0. The Morgan fingerprint density at radius 1 is 0.654 bits per heavy atom. The Kier molecular flexibility index (Phi) is 37.0. The minimum atomic E-state index is -4.41. The molecule has 0 aliphatic rings. The van der Waals surface area contributed by atoms with E-state index in [0.717, 1.165) is 44.9 Å². The molecule has 0 aromatic carbocycles. The standard InChI is InChI=1S/C42H81N2O7P/c1-3-5-7-9-11-13-15-17-19-21-23-25-27-29-31-33-39(45)37-42(47)44-40(38-51-52(48,49)50-36-35-43)41(46)34-32-30-28-26-24-22-20-18-16-14-12-10-8-6-4-2/h17,19,24,26,32,34,39-41,45-46H,3-16,18,20-23,25,27-31,33,35-38,43H2,1-2H3,(H,44,47)(H,48,49)/b19-17-,26-24+,34-32+. The molecule has 0 aliphatic heterocycles. The van der Waals surface area contributed by atoms with Gasteiger partial charge in [-0.3, -0.25) is 13.8 Å². The van der Waals surface area contributed by atoms with Gasteiger partial charge in [0.1, 0.15) is 0 Å². The third kappa shape index (κ3) is 35.7. The lowest BCUT2D eigenvalue weighted by molar-refractivity contribution is -0.124. The molecule has 0 bridgehead atoms. The van der Waals surface area contributed by atoms with Crippen LogP contribution in [0.5, 0.6) is 0 Å². The summed E-state index contributed by atoms with van der Waals surface area (Å²) >= 11 is 0. The molecule has 0 radical (unpaired) electrons. The van der Waals surface area contributed by atoms with E-state index >= 15 is 0 Å². The summed E-state index contributed by atoms with van der Waals surface area (Å²) in [7, 11) is -4.41. The molecule has 0 aromatic heterocycles. The molecule has 0 fully saturated rings. The molecular weight excluding hydrogens is 675 g/mol. The highest BCUT2D eigenvalue weighted by atomic mass is 31.2. The third-order valence-corrected chi connectivity index (χ3v) is 10.2. The number of unbranched alkanes of at least 4 members (excludes halogenated alkanes) is 21. The van der Waals surface area contributed by atoms with Crippen molar-refractivity contribution in [2.24, 2.45) is 5.73 Å². The molecule has 4 atom stereocenters. The second-order valence-corrected chi connectivity index (χ2v) is 15.8. The first-order valence-electron chi connectivity index (χ1n) is 21.2. The fraction of sp³-hybridized carbons (Fsp3) is 0.833. The Balaban J connectivity index is 4.42. The van der Waals surface area contributed by atoms with E-state index in [4.69, 9.17) is 14.8 Å². The number of allylic oxidation sites excluding steroid dienone is 5. The number of carbonyl (C=O) groups excluding carboxylic acids is 1. The zero-order chi connectivity index (χ0) is 38.4. The lowest BCUT2D eigenvalue weighted by Crippen LogP contribution is -2.46. The first kappa shape index (κ1) is 50.7. The fourth-order valence-corrected chi connectivity index (χ4v) is 6.77. The maximum atomic E-state index is 12.8. The van der Waals surface area contributed by atoms with Crippen molar-refractivity contribution in [3.63, 3.8) is 0 Å². The summed E-state index contributed by atoms with van der Waals surface area (Å²) < 4.78 is 22.0. The molecule has 6 N–H and O–H groups in total. The summed E-state index contributed by atoms with van der Waals surface area (Å²) in [5.41, 5.74) is 5.35. The summed E-state index contributed by atoms with van der Waals surface area (Å²) in [6, 6.07) is -1.00. The van der Waals surface area contributed by atoms with E-state index in [-0.39, 0.29) is 19.6 Å².